The van der Waals surface area contributed by atoms with Crippen LogP contribution in [0.3, 0.4) is 0 Å². The molecule has 114 valence electrons. The van der Waals surface area contributed by atoms with E-state index in [9.17, 15) is 0 Å². The lowest BCUT2D eigenvalue weighted by Gasteiger charge is -2.09. The van der Waals surface area contributed by atoms with Crippen molar-refractivity contribution in [2.45, 2.75) is 6.92 Å². The third-order valence-corrected chi connectivity index (χ3v) is 4.26. The van der Waals surface area contributed by atoms with Crippen molar-refractivity contribution in [1.29, 1.82) is 0 Å². The van der Waals surface area contributed by atoms with Crippen LogP contribution in [0.1, 0.15) is 5.69 Å². The van der Waals surface area contributed by atoms with E-state index in [1.54, 1.807) is 28.8 Å². The monoisotopic (exact) mass is 343 g/mol. The summed E-state index contributed by atoms with van der Waals surface area (Å²) in [4.78, 5) is 4.55. The third kappa shape index (κ3) is 2.40. The van der Waals surface area contributed by atoms with Gasteiger partial charge in [0.25, 0.3) is 0 Å². The van der Waals surface area contributed by atoms with E-state index in [1.807, 2.05) is 31.2 Å². The average molecular weight is 344 g/mol. The zero-order chi connectivity index (χ0) is 16.0. The zero-order valence-electron chi connectivity index (χ0n) is 12.1. The molecule has 0 aliphatic carbocycles. The molecule has 0 radical (unpaired) electrons. The van der Waals surface area contributed by atoms with Crippen LogP contribution in [0.4, 0.5) is 0 Å². The molecule has 2 heterocycles. The molecule has 0 N–H and O–H groups in total. The second kappa shape index (κ2) is 5.41. The Morgan fingerprint density at radius 2 is 1.74 bits per heavy atom. The highest BCUT2D eigenvalue weighted by Gasteiger charge is 2.15. The molecule has 4 rings (SSSR count). The minimum absolute atomic E-state index is 0.484. The molecule has 0 fully saturated rings. The fourth-order valence-corrected chi connectivity index (χ4v) is 2.73. The standard InChI is InChI=1S/C17H11Cl2N3O/c1-10-15(19)16-20-17(23-12-8-6-11(18)7-9-12)13-4-2-3-5-14(13)22(16)21-10/h2-9H,1H3. The van der Waals surface area contributed by atoms with Crippen LogP contribution in [0.15, 0.2) is 48.5 Å². The highest BCUT2D eigenvalue weighted by Crippen LogP contribution is 2.32. The van der Waals surface area contributed by atoms with Crippen LogP contribution in [0.25, 0.3) is 16.6 Å². The summed E-state index contributed by atoms with van der Waals surface area (Å²) in [5, 5.41) is 6.48. The van der Waals surface area contributed by atoms with E-state index < -0.39 is 0 Å². The van der Waals surface area contributed by atoms with E-state index in [4.69, 9.17) is 27.9 Å². The van der Waals surface area contributed by atoms with Crippen LogP contribution in [-0.2, 0) is 0 Å². The molecule has 0 aliphatic rings. The fourth-order valence-electron chi connectivity index (χ4n) is 2.45. The van der Waals surface area contributed by atoms with Gasteiger partial charge >= 0.3 is 0 Å². The maximum atomic E-state index is 6.32. The molecule has 0 spiro atoms. The number of aryl methyl sites for hydroxylation is 1. The second-order valence-corrected chi connectivity index (χ2v) is 5.94. The molecule has 4 aromatic rings. The number of aromatic nitrogens is 3. The van der Waals surface area contributed by atoms with Crippen molar-refractivity contribution in [1.82, 2.24) is 14.6 Å². The Kier molecular flexibility index (Phi) is 3.36. The topological polar surface area (TPSA) is 39.4 Å². The Hall–Kier alpha value is -2.30. The number of benzene rings is 2. The summed E-state index contributed by atoms with van der Waals surface area (Å²) in [6, 6.07) is 14.9. The molecule has 4 nitrogen and oxygen atoms in total. The molecule has 2 aromatic carbocycles. The predicted octanol–water partition coefficient (Wildman–Crippen LogP) is 5.29. The summed E-state index contributed by atoms with van der Waals surface area (Å²) >= 11 is 12.2. The largest absolute Gasteiger partial charge is 0.438 e. The van der Waals surface area contributed by atoms with Gasteiger partial charge in [0.2, 0.25) is 5.88 Å². The van der Waals surface area contributed by atoms with Gasteiger partial charge in [-0.3, -0.25) is 0 Å². The number of hydrogen-bond acceptors (Lipinski definition) is 3. The summed E-state index contributed by atoms with van der Waals surface area (Å²) in [5.41, 5.74) is 2.19. The normalized spacial score (nSPS) is 11.3. The van der Waals surface area contributed by atoms with Crippen LogP contribution in [-0.4, -0.2) is 14.6 Å². The average Bonchev–Trinajstić information content (AvgIpc) is 2.85. The molecular formula is C17H11Cl2N3O. The van der Waals surface area contributed by atoms with Crippen molar-refractivity contribution in [2.75, 3.05) is 0 Å². The summed E-state index contributed by atoms with van der Waals surface area (Å²) < 4.78 is 7.69. The van der Waals surface area contributed by atoms with Gasteiger partial charge in [-0.25, -0.2) is 4.52 Å². The number of fused-ring (bicyclic) bond motifs is 3. The second-order valence-electron chi connectivity index (χ2n) is 5.12. The highest BCUT2D eigenvalue weighted by molar-refractivity contribution is 6.34. The maximum absolute atomic E-state index is 6.32. The van der Waals surface area contributed by atoms with Gasteiger partial charge in [0, 0.05) is 5.02 Å². The number of halogens is 2. The fraction of sp³-hybridized carbons (Fsp3) is 0.0588. The molecule has 0 atom stereocenters. The molecule has 23 heavy (non-hydrogen) atoms. The smallest absolute Gasteiger partial charge is 0.230 e. The summed E-state index contributed by atoms with van der Waals surface area (Å²) in [6.07, 6.45) is 0. The lowest BCUT2D eigenvalue weighted by atomic mass is 10.2. The first kappa shape index (κ1) is 14.3. The lowest BCUT2D eigenvalue weighted by molar-refractivity contribution is 0.470. The number of rotatable bonds is 2. The Labute approximate surface area is 142 Å². The van der Waals surface area contributed by atoms with E-state index in [0.29, 0.717) is 27.3 Å². The van der Waals surface area contributed by atoms with Crippen LogP contribution < -0.4 is 4.74 Å². The minimum Gasteiger partial charge on any atom is -0.438 e. The van der Waals surface area contributed by atoms with Crippen molar-refractivity contribution >= 4 is 39.8 Å². The van der Waals surface area contributed by atoms with Gasteiger partial charge in [-0.05, 0) is 43.3 Å². The maximum Gasteiger partial charge on any atom is 0.230 e. The summed E-state index contributed by atoms with van der Waals surface area (Å²) in [6.45, 7) is 1.85. The lowest BCUT2D eigenvalue weighted by Crippen LogP contribution is -1.97. The first-order valence-electron chi connectivity index (χ1n) is 7.00. The van der Waals surface area contributed by atoms with E-state index in [-0.39, 0.29) is 0 Å². The summed E-state index contributed by atoms with van der Waals surface area (Å²) in [7, 11) is 0. The Balaban J connectivity index is 1.96. The summed E-state index contributed by atoms with van der Waals surface area (Å²) in [5.74, 6) is 1.14. The van der Waals surface area contributed by atoms with Crippen LogP contribution in [0.5, 0.6) is 11.6 Å². The molecule has 6 heteroatoms. The van der Waals surface area contributed by atoms with Gasteiger partial charge in [-0.2, -0.15) is 10.1 Å². The van der Waals surface area contributed by atoms with E-state index in [0.717, 1.165) is 16.6 Å². The number of hydrogen-bond donors (Lipinski definition) is 0. The highest BCUT2D eigenvalue weighted by atomic mass is 35.5. The predicted molar refractivity (Wildman–Crippen MR) is 91.8 cm³/mol. The molecule has 0 saturated heterocycles. The van der Waals surface area contributed by atoms with Crippen LogP contribution in [0.2, 0.25) is 10.0 Å². The molecular weight excluding hydrogens is 333 g/mol. The van der Waals surface area contributed by atoms with Gasteiger partial charge in [-0.1, -0.05) is 35.3 Å². The number of ether oxygens (including phenoxy) is 1. The molecule has 0 unspecified atom stereocenters. The van der Waals surface area contributed by atoms with Crippen molar-refractivity contribution in [3.63, 3.8) is 0 Å². The zero-order valence-corrected chi connectivity index (χ0v) is 13.6. The first-order chi connectivity index (χ1) is 11.1. The van der Waals surface area contributed by atoms with Crippen LogP contribution in [0, 0.1) is 6.92 Å². The van der Waals surface area contributed by atoms with Gasteiger partial charge in [0.1, 0.15) is 10.8 Å². The molecule has 2 aromatic heterocycles. The van der Waals surface area contributed by atoms with Gasteiger partial charge in [0.15, 0.2) is 5.65 Å². The van der Waals surface area contributed by atoms with Gasteiger partial charge in [-0.15, -0.1) is 0 Å². The SMILES string of the molecule is Cc1nn2c(nc(Oc3ccc(Cl)cc3)c3ccccc32)c1Cl. The van der Waals surface area contributed by atoms with Crippen molar-refractivity contribution in [3.8, 4) is 11.6 Å². The molecule has 0 aliphatic heterocycles. The number of para-hydroxylation sites is 1. The molecule has 0 saturated carbocycles. The third-order valence-electron chi connectivity index (χ3n) is 3.56. The van der Waals surface area contributed by atoms with Crippen molar-refractivity contribution in [3.05, 3.63) is 64.3 Å². The van der Waals surface area contributed by atoms with Crippen molar-refractivity contribution < 1.29 is 4.74 Å². The van der Waals surface area contributed by atoms with E-state index in [2.05, 4.69) is 10.1 Å². The minimum atomic E-state index is 0.484. The molecule has 0 bridgehead atoms. The number of nitrogens with zero attached hydrogens (tertiary/aromatic N) is 3. The Morgan fingerprint density at radius 1 is 1.00 bits per heavy atom. The van der Waals surface area contributed by atoms with Crippen molar-refractivity contribution in [2.24, 2.45) is 0 Å². The Bertz CT molecular complexity index is 1030. The first-order valence-corrected chi connectivity index (χ1v) is 7.76. The Morgan fingerprint density at radius 3 is 2.52 bits per heavy atom. The van der Waals surface area contributed by atoms with Gasteiger partial charge in [0.05, 0.1) is 16.6 Å². The molecule has 0 amide bonds. The quantitative estimate of drug-likeness (QED) is 0.496. The van der Waals surface area contributed by atoms with Gasteiger partial charge < -0.3 is 4.74 Å². The van der Waals surface area contributed by atoms with E-state index >= 15 is 0 Å². The van der Waals surface area contributed by atoms with Crippen LogP contribution >= 0.6 is 23.2 Å². The van der Waals surface area contributed by atoms with E-state index in [1.165, 1.54) is 0 Å².